The van der Waals surface area contributed by atoms with Crippen molar-refractivity contribution >= 4 is 6.29 Å². The van der Waals surface area contributed by atoms with Crippen LogP contribution in [-0.2, 0) is 6.42 Å². The lowest BCUT2D eigenvalue weighted by atomic mass is 10.0. The van der Waals surface area contributed by atoms with Crippen LogP contribution in [0, 0.1) is 0 Å². The number of benzene rings is 1. The van der Waals surface area contributed by atoms with Crippen molar-refractivity contribution in [2.75, 3.05) is 7.11 Å². The van der Waals surface area contributed by atoms with E-state index in [1.165, 1.54) is 0 Å². The normalized spacial score (nSPS) is 10.1. The zero-order chi connectivity index (χ0) is 12.8. The molecule has 0 aromatic heterocycles. The molecule has 0 N–H and O–H groups in total. The van der Waals surface area contributed by atoms with Gasteiger partial charge in [0.05, 0.1) is 13.2 Å². The van der Waals surface area contributed by atoms with Crippen LogP contribution >= 0.6 is 0 Å². The van der Waals surface area contributed by atoms with E-state index in [0.717, 1.165) is 11.8 Å². The van der Waals surface area contributed by atoms with Gasteiger partial charge in [-0.05, 0) is 32.4 Å². The van der Waals surface area contributed by atoms with Crippen molar-refractivity contribution in [3.05, 3.63) is 35.9 Å². The predicted octanol–water partition coefficient (Wildman–Crippen LogP) is 3.02. The molecule has 0 bridgehead atoms. The Labute approximate surface area is 102 Å². The topological polar surface area (TPSA) is 35.5 Å². The van der Waals surface area contributed by atoms with E-state index in [1.807, 2.05) is 13.8 Å². The third-order valence-electron chi connectivity index (χ3n) is 2.31. The molecule has 92 valence electrons. The number of aldehydes is 1. The highest BCUT2D eigenvalue weighted by molar-refractivity contribution is 5.80. The summed E-state index contributed by atoms with van der Waals surface area (Å²) in [5.74, 6) is 1.27. The molecule has 1 aromatic carbocycles. The zero-order valence-electron chi connectivity index (χ0n) is 10.5. The van der Waals surface area contributed by atoms with Gasteiger partial charge in [-0.25, -0.2) is 0 Å². The Morgan fingerprint density at radius 2 is 2.12 bits per heavy atom. The molecule has 3 heteroatoms. The van der Waals surface area contributed by atoms with Crippen LogP contribution < -0.4 is 9.47 Å². The van der Waals surface area contributed by atoms with Crippen LogP contribution in [0.1, 0.15) is 29.8 Å². The molecule has 0 saturated heterocycles. The van der Waals surface area contributed by atoms with Crippen LogP contribution in [0.2, 0.25) is 0 Å². The second kappa shape index (κ2) is 6.09. The van der Waals surface area contributed by atoms with E-state index < -0.39 is 0 Å². The molecule has 0 saturated carbocycles. The molecule has 0 heterocycles. The summed E-state index contributed by atoms with van der Waals surface area (Å²) in [7, 11) is 1.58. The van der Waals surface area contributed by atoms with Crippen LogP contribution in [0.5, 0.6) is 11.5 Å². The van der Waals surface area contributed by atoms with Gasteiger partial charge in [-0.3, -0.25) is 4.79 Å². The van der Waals surface area contributed by atoms with E-state index in [-0.39, 0.29) is 6.10 Å². The van der Waals surface area contributed by atoms with Crippen molar-refractivity contribution < 1.29 is 14.3 Å². The molecule has 0 atom stereocenters. The number of hydrogen-bond acceptors (Lipinski definition) is 3. The van der Waals surface area contributed by atoms with Crippen LogP contribution in [-0.4, -0.2) is 19.5 Å². The number of carbonyl (C=O) groups is 1. The van der Waals surface area contributed by atoms with Gasteiger partial charge in [0.2, 0.25) is 0 Å². The second-order valence-electron chi connectivity index (χ2n) is 3.94. The molecule has 0 radical (unpaired) electrons. The number of methoxy groups -OCH3 is 1. The number of hydrogen-bond donors (Lipinski definition) is 0. The van der Waals surface area contributed by atoms with Crippen molar-refractivity contribution in [2.45, 2.75) is 26.4 Å². The molecule has 3 nitrogen and oxygen atoms in total. The van der Waals surface area contributed by atoms with Gasteiger partial charge in [0.1, 0.15) is 6.29 Å². The molecular weight excluding hydrogens is 216 g/mol. The zero-order valence-corrected chi connectivity index (χ0v) is 10.5. The molecular formula is C14H18O3. The van der Waals surface area contributed by atoms with Crippen molar-refractivity contribution in [1.82, 2.24) is 0 Å². The van der Waals surface area contributed by atoms with Crippen LogP contribution in [0.25, 0.3) is 0 Å². The Bertz CT molecular complexity index is 408. The van der Waals surface area contributed by atoms with Gasteiger partial charge < -0.3 is 9.47 Å². The van der Waals surface area contributed by atoms with E-state index in [9.17, 15) is 4.79 Å². The first-order valence-electron chi connectivity index (χ1n) is 5.56. The second-order valence-corrected chi connectivity index (χ2v) is 3.94. The van der Waals surface area contributed by atoms with E-state index in [0.29, 0.717) is 23.5 Å². The van der Waals surface area contributed by atoms with Gasteiger partial charge in [0.25, 0.3) is 0 Å². The molecule has 0 spiro atoms. The molecule has 0 aliphatic heterocycles. The van der Waals surface area contributed by atoms with E-state index in [2.05, 4.69) is 6.58 Å². The Kier molecular flexibility index (Phi) is 4.76. The molecule has 0 aliphatic carbocycles. The summed E-state index contributed by atoms with van der Waals surface area (Å²) in [6.07, 6.45) is 3.17. The highest BCUT2D eigenvalue weighted by Crippen LogP contribution is 2.34. The smallest absolute Gasteiger partial charge is 0.165 e. The lowest BCUT2D eigenvalue weighted by Gasteiger charge is -2.18. The third-order valence-corrected chi connectivity index (χ3v) is 2.31. The summed E-state index contributed by atoms with van der Waals surface area (Å²) < 4.78 is 11.0. The molecule has 0 aliphatic rings. The number of ether oxygens (including phenoxy) is 2. The first-order valence-corrected chi connectivity index (χ1v) is 5.56. The fourth-order valence-corrected chi connectivity index (χ4v) is 1.61. The van der Waals surface area contributed by atoms with Crippen molar-refractivity contribution in [2.24, 2.45) is 0 Å². The average Bonchev–Trinajstić information content (AvgIpc) is 2.30. The molecule has 1 rings (SSSR count). The van der Waals surface area contributed by atoms with E-state index in [4.69, 9.17) is 9.47 Å². The highest BCUT2D eigenvalue weighted by Gasteiger charge is 2.15. The van der Waals surface area contributed by atoms with Gasteiger partial charge in [-0.2, -0.15) is 0 Å². The lowest BCUT2D eigenvalue weighted by molar-refractivity contribution is 0.112. The summed E-state index contributed by atoms with van der Waals surface area (Å²) in [5, 5.41) is 0. The Balaban J connectivity index is 3.34. The summed E-state index contributed by atoms with van der Waals surface area (Å²) in [6, 6.07) is 3.48. The lowest BCUT2D eigenvalue weighted by Crippen LogP contribution is -2.10. The Morgan fingerprint density at radius 3 is 2.59 bits per heavy atom. The summed E-state index contributed by atoms with van der Waals surface area (Å²) in [6.45, 7) is 7.57. The molecule has 0 fully saturated rings. The van der Waals surface area contributed by atoms with Crippen molar-refractivity contribution in [3.63, 3.8) is 0 Å². The molecule has 0 unspecified atom stereocenters. The van der Waals surface area contributed by atoms with E-state index >= 15 is 0 Å². The average molecular weight is 234 g/mol. The van der Waals surface area contributed by atoms with Gasteiger partial charge in [0.15, 0.2) is 11.5 Å². The Hall–Kier alpha value is -1.77. The summed E-state index contributed by atoms with van der Waals surface area (Å²) in [4.78, 5) is 11.0. The van der Waals surface area contributed by atoms with E-state index in [1.54, 1.807) is 25.3 Å². The van der Waals surface area contributed by atoms with Crippen LogP contribution in [0.4, 0.5) is 0 Å². The minimum atomic E-state index is 0.0226. The van der Waals surface area contributed by atoms with Crippen LogP contribution in [0.3, 0.4) is 0 Å². The quantitative estimate of drug-likeness (QED) is 0.560. The van der Waals surface area contributed by atoms with Crippen molar-refractivity contribution in [1.29, 1.82) is 0 Å². The summed E-state index contributed by atoms with van der Waals surface area (Å²) in [5.41, 5.74) is 1.43. The van der Waals surface area contributed by atoms with Gasteiger partial charge in [-0.15, -0.1) is 6.58 Å². The first kappa shape index (κ1) is 13.3. The predicted molar refractivity (Wildman–Crippen MR) is 68.0 cm³/mol. The first-order chi connectivity index (χ1) is 8.13. The molecule has 17 heavy (non-hydrogen) atoms. The third kappa shape index (κ3) is 3.09. The van der Waals surface area contributed by atoms with Gasteiger partial charge >= 0.3 is 0 Å². The monoisotopic (exact) mass is 234 g/mol. The maximum atomic E-state index is 11.0. The number of allylic oxidation sites excluding steroid dienone is 1. The fraction of sp³-hybridized carbons (Fsp3) is 0.357. The molecule has 0 amide bonds. The van der Waals surface area contributed by atoms with Gasteiger partial charge in [-0.1, -0.05) is 6.08 Å². The number of rotatable bonds is 6. The minimum absolute atomic E-state index is 0.0226. The van der Waals surface area contributed by atoms with Gasteiger partial charge in [0, 0.05) is 11.1 Å². The van der Waals surface area contributed by atoms with Crippen LogP contribution in [0.15, 0.2) is 24.8 Å². The maximum Gasteiger partial charge on any atom is 0.165 e. The standard InChI is InChI=1S/C14H18O3/c1-5-6-12-11(9-15)7-8-13(16-4)14(12)17-10(2)3/h5,7-10H,1,6H2,2-4H3. The highest BCUT2D eigenvalue weighted by atomic mass is 16.5. The van der Waals surface area contributed by atoms with Crippen molar-refractivity contribution in [3.8, 4) is 11.5 Å². The maximum absolute atomic E-state index is 11.0. The SMILES string of the molecule is C=CCc1c(C=O)ccc(OC)c1OC(C)C. The molecule has 1 aromatic rings. The number of carbonyl (C=O) groups excluding carboxylic acids is 1. The minimum Gasteiger partial charge on any atom is -0.493 e. The fourth-order valence-electron chi connectivity index (χ4n) is 1.61. The Morgan fingerprint density at radius 1 is 1.41 bits per heavy atom. The summed E-state index contributed by atoms with van der Waals surface area (Å²) >= 11 is 0. The largest absolute Gasteiger partial charge is 0.493 e.